The first kappa shape index (κ1) is 22.4. The average Bonchev–Trinajstić information content (AvgIpc) is 3.58. The number of fused-ring (bicyclic) bond motifs is 1. The van der Waals surface area contributed by atoms with E-state index in [2.05, 4.69) is 100 Å². The van der Waals surface area contributed by atoms with Crippen molar-refractivity contribution in [1.29, 1.82) is 0 Å². The molecule has 172 valence electrons. The first-order valence-corrected chi connectivity index (χ1v) is 14.0. The van der Waals surface area contributed by atoms with Crippen molar-refractivity contribution in [3.8, 4) is 43.1 Å². The van der Waals surface area contributed by atoms with Gasteiger partial charge < -0.3 is 0 Å². The number of rotatable bonds is 4. The van der Waals surface area contributed by atoms with Crippen LogP contribution in [-0.4, -0.2) is 8.75 Å². The van der Waals surface area contributed by atoms with Gasteiger partial charge in [0.15, 0.2) is 0 Å². The number of thiophene rings is 2. The van der Waals surface area contributed by atoms with Gasteiger partial charge in [-0.05, 0) is 62.1 Å². The van der Waals surface area contributed by atoms with Crippen molar-refractivity contribution in [3.05, 3.63) is 93.7 Å². The van der Waals surface area contributed by atoms with Crippen molar-refractivity contribution < 1.29 is 0 Å². The molecule has 0 aliphatic carbocycles. The number of aryl methyl sites for hydroxylation is 4. The Morgan fingerprint density at radius 2 is 0.886 bits per heavy atom. The van der Waals surface area contributed by atoms with E-state index < -0.39 is 0 Å². The summed E-state index contributed by atoms with van der Waals surface area (Å²) in [6.07, 6.45) is 0. The minimum Gasteiger partial charge on any atom is -0.172 e. The van der Waals surface area contributed by atoms with E-state index in [4.69, 9.17) is 8.75 Å². The van der Waals surface area contributed by atoms with Gasteiger partial charge in [-0.1, -0.05) is 71.8 Å². The Bertz CT molecular complexity index is 1540. The molecule has 0 saturated carbocycles. The van der Waals surface area contributed by atoms with E-state index in [-0.39, 0.29) is 0 Å². The summed E-state index contributed by atoms with van der Waals surface area (Å²) in [4.78, 5) is 5.12. The van der Waals surface area contributed by atoms with Crippen LogP contribution >= 0.6 is 34.4 Å². The molecule has 6 rings (SSSR count). The highest BCUT2D eigenvalue weighted by molar-refractivity contribution is 7.16. The van der Waals surface area contributed by atoms with E-state index in [1.807, 2.05) is 22.7 Å². The molecule has 0 aliphatic rings. The number of nitrogens with zero attached hydrogens (tertiary/aromatic N) is 2. The second kappa shape index (κ2) is 8.83. The molecule has 3 heterocycles. The monoisotopic (exact) mass is 508 g/mol. The summed E-state index contributed by atoms with van der Waals surface area (Å²) in [6.45, 7) is 8.66. The molecule has 0 N–H and O–H groups in total. The number of benzene rings is 3. The van der Waals surface area contributed by atoms with Gasteiger partial charge in [0.1, 0.15) is 11.0 Å². The second-order valence-electron chi connectivity index (χ2n) is 9.02. The molecule has 3 aromatic carbocycles. The Kier molecular flexibility index (Phi) is 5.64. The molecule has 2 nitrogen and oxygen atoms in total. The van der Waals surface area contributed by atoms with E-state index in [0.29, 0.717) is 0 Å². The maximum atomic E-state index is 4.74. The Morgan fingerprint density at radius 1 is 0.486 bits per heavy atom. The normalized spacial score (nSPS) is 11.4. The third-order valence-corrected chi connectivity index (χ3v) is 9.20. The van der Waals surface area contributed by atoms with Gasteiger partial charge in [-0.25, -0.2) is 0 Å². The molecular weight excluding hydrogens is 485 g/mol. The van der Waals surface area contributed by atoms with Crippen LogP contribution in [0, 0.1) is 27.7 Å². The standard InChI is InChI=1S/C30H24N2S3/c1-17-5-9-21(10-6-17)25-15-27(33-19(25)3)23-13-14-24(30-29(23)31-35-32-30)28-16-26(20(4)34-28)22-11-7-18(2)8-12-22/h5-16H,1-4H3. The Labute approximate surface area is 217 Å². The molecular formula is C30H24N2S3. The Hall–Kier alpha value is -3.12. The maximum Gasteiger partial charge on any atom is 0.114 e. The van der Waals surface area contributed by atoms with Crippen LogP contribution in [0.15, 0.2) is 72.8 Å². The minimum atomic E-state index is 0.993. The topological polar surface area (TPSA) is 25.8 Å². The molecule has 0 amide bonds. The van der Waals surface area contributed by atoms with Gasteiger partial charge >= 0.3 is 0 Å². The summed E-state index contributed by atoms with van der Waals surface area (Å²) in [6, 6.07) is 26.6. The third-order valence-electron chi connectivity index (χ3n) is 6.51. The van der Waals surface area contributed by atoms with Crippen LogP contribution in [0.4, 0.5) is 0 Å². The van der Waals surface area contributed by atoms with Crippen molar-refractivity contribution in [3.63, 3.8) is 0 Å². The fourth-order valence-electron chi connectivity index (χ4n) is 4.53. The molecule has 5 heteroatoms. The smallest absolute Gasteiger partial charge is 0.114 e. The number of hydrogen-bond acceptors (Lipinski definition) is 5. The van der Waals surface area contributed by atoms with Gasteiger partial charge in [0.25, 0.3) is 0 Å². The Balaban J connectivity index is 1.42. The van der Waals surface area contributed by atoms with Crippen LogP contribution in [0.3, 0.4) is 0 Å². The lowest BCUT2D eigenvalue weighted by molar-refractivity contribution is 1.46. The predicted octanol–water partition coefficient (Wildman–Crippen LogP) is 9.72. The fraction of sp³-hybridized carbons (Fsp3) is 0.133. The molecule has 0 atom stereocenters. The number of aromatic nitrogens is 2. The fourth-order valence-corrected chi connectivity index (χ4v) is 7.24. The van der Waals surface area contributed by atoms with Gasteiger partial charge in [-0.2, -0.15) is 8.75 Å². The van der Waals surface area contributed by atoms with E-state index in [9.17, 15) is 0 Å². The van der Waals surface area contributed by atoms with Crippen LogP contribution in [0.5, 0.6) is 0 Å². The SMILES string of the molecule is Cc1ccc(-c2cc(-c3ccc(-c4cc(-c5ccc(C)cc5)c(C)s4)c4nsnc34)sc2C)cc1. The highest BCUT2D eigenvalue weighted by atomic mass is 32.1. The second-order valence-corrected chi connectivity index (χ2v) is 12.1. The zero-order valence-electron chi connectivity index (χ0n) is 20.0. The quantitative estimate of drug-likeness (QED) is 0.237. The van der Waals surface area contributed by atoms with Gasteiger partial charge in [0.05, 0.1) is 11.7 Å². The Morgan fingerprint density at radius 3 is 1.29 bits per heavy atom. The first-order valence-electron chi connectivity index (χ1n) is 11.6. The van der Waals surface area contributed by atoms with Crippen molar-refractivity contribution in [2.45, 2.75) is 27.7 Å². The van der Waals surface area contributed by atoms with E-state index in [1.54, 1.807) is 0 Å². The van der Waals surface area contributed by atoms with Crippen molar-refractivity contribution in [1.82, 2.24) is 8.75 Å². The number of hydrogen-bond donors (Lipinski definition) is 0. The van der Waals surface area contributed by atoms with Crippen LogP contribution in [-0.2, 0) is 0 Å². The molecule has 0 spiro atoms. The largest absolute Gasteiger partial charge is 0.172 e. The summed E-state index contributed by atoms with van der Waals surface area (Å²) in [5.74, 6) is 0. The van der Waals surface area contributed by atoms with E-state index in [0.717, 1.165) is 22.2 Å². The van der Waals surface area contributed by atoms with Gasteiger partial charge in [-0.15, -0.1) is 22.7 Å². The summed E-state index contributed by atoms with van der Waals surface area (Å²) >= 11 is 4.96. The molecule has 0 radical (unpaired) electrons. The molecule has 3 aromatic heterocycles. The highest BCUT2D eigenvalue weighted by Crippen LogP contribution is 2.43. The zero-order chi connectivity index (χ0) is 24.1. The van der Waals surface area contributed by atoms with E-state index in [1.165, 1.54) is 64.6 Å². The van der Waals surface area contributed by atoms with Crippen LogP contribution < -0.4 is 0 Å². The van der Waals surface area contributed by atoms with Crippen LogP contribution in [0.1, 0.15) is 20.9 Å². The molecule has 35 heavy (non-hydrogen) atoms. The zero-order valence-corrected chi connectivity index (χ0v) is 22.5. The van der Waals surface area contributed by atoms with Crippen LogP contribution in [0.25, 0.3) is 54.2 Å². The maximum absolute atomic E-state index is 4.74. The first-order chi connectivity index (χ1) is 17.0. The lowest BCUT2D eigenvalue weighted by Crippen LogP contribution is -1.82. The summed E-state index contributed by atoms with van der Waals surface area (Å²) < 4.78 is 9.49. The van der Waals surface area contributed by atoms with Gasteiger partial charge in [-0.3, -0.25) is 0 Å². The van der Waals surface area contributed by atoms with Crippen molar-refractivity contribution >= 4 is 45.4 Å². The molecule has 0 saturated heterocycles. The summed E-state index contributed by atoms with van der Waals surface area (Å²) in [5, 5.41) is 0. The van der Waals surface area contributed by atoms with E-state index >= 15 is 0 Å². The summed E-state index contributed by atoms with van der Waals surface area (Å²) in [5.41, 5.74) is 12.0. The predicted molar refractivity (Wildman–Crippen MR) is 154 cm³/mol. The average molecular weight is 509 g/mol. The van der Waals surface area contributed by atoms with Crippen molar-refractivity contribution in [2.24, 2.45) is 0 Å². The molecule has 6 aromatic rings. The molecule has 0 aliphatic heterocycles. The molecule has 0 unspecified atom stereocenters. The molecule has 0 bridgehead atoms. The highest BCUT2D eigenvalue weighted by Gasteiger charge is 2.18. The lowest BCUT2D eigenvalue weighted by atomic mass is 10.0. The lowest BCUT2D eigenvalue weighted by Gasteiger charge is -2.04. The third kappa shape index (κ3) is 4.04. The minimum absolute atomic E-state index is 0.993. The van der Waals surface area contributed by atoms with Gasteiger partial charge in [0.2, 0.25) is 0 Å². The van der Waals surface area contributed by atoms with Crippen LogP contribution in [0.2, 0.25) is 0 Å². The molecule has 0 fully saturated rings. The van der Waals surface area contributed by atoms with Gasteiger partial charge in [0, 0.05) is 30.6 Å². The summed E-state index contributed by atoms with van der Waals surface area (Å²) in [7, 11) is 0. The van der Waals surface area contributed by atoms with Crippen molar-refractivity contribution in [2.75, 3.05) is 0 Å².